The molecule has 0 radical (unpaired) electrons. The molecule has 5 heterocycles. The highest BCUT2D eigenvalue weighted by molar-refractivity contribution is 7.19. The van der Waals surface area contributed by atoms with Crippen LogP contribution in [0.4, 0.5) is 0 Å². The minimum Gasteiger partial charge on any atom is -0.492 e. The Balaban J connectivity index is 1.42. The van der Waals surface area contributed by atoms with Crippen LogP contribution in [0.1, 0.15) is 64.7 Å². The summed E-state index contributed by atoms with van der Waals surface area (Å²) >= 11 is 1.75. The van der Waals surface area contributed by atoms with Crippen LogP contribution in [0.15, 0.2) is 35.5 Å². The van der Waals surface area contributed by atoms with E-state index in [4.69, 9.17) is 9.47 Å². The Kier molecular flexibility index (Phi) is 8.27. The van der Waals surface area contributed by atoms with Gasteiger partial charge >= 0.3 is 0 Å². The molecule has 2 fully saturated rings. The molecule has 3 aromatic rings. The summed E-state index contributed by atoms with van der Waals surface area (Å²) in [6, 6.07) is 4.20. The first-order valence-corrected chi connectivity index (χ1v) is 15.1. The summed E-state index contributed by atoms with van der Waals surface area (Å²) in [6.07, 6.45) is 11.4. The number of fused-ring (bicyclic) bond motifs is 1. The summed E-state index contributed by atoms with van der Waals surface area (Å²) in [7, 11) is 1.84. The van der Waals surface area contributed by atoms with Gasteiger partial charge in [0, 0.05) is 65.4 Å². The fraction of sp³-hybridized carbons (Fsp3) is 0.613. The third kappa shape index (κ3) is 6.00. The zero-order chi connectivity index (χ0) is 26.9. The van der Waals surface area contributed by atoms with E-state index in [0.29, 0.717) is 12.5 Å². The number of aryl methyl sites for hydroxylation is 1. The molecule has 6 nitrogen and oxygen atoms in total. The van der Waals surface area contributed by atoms with Crippen molar-refractivity contribution >= 4 is 21.4 Å². The lowest BCUT2D eigenvalue weighted by atomic mass is 9.81. The zero-order valence-corrected chi connectivity index (χ0v) is 24.5. The lowest BCUT2D eigenvalue weighted by molar-refractivity contribution is 0.0497. The number of thiophene rings is 1. The van der Waals surface area contributed by atoms with E-state index < -0.39 is 0 Å². The summed E-state index contributed by atoms with van der Waals surface area (Å²) in [5.41, 5.74) is 2.22. The van der Waals surface area contributed by atoms with Crippen molar-refractivity contribution in [3.8, 4) is 16.9 Å². The average molecular weight is 538 g/mol. The Morgan fingerprint density at radius 3 is 2.66 bits per heavy atom. The number of rotatable bonds is 6. The van der Waals surface area contributed by atoms with Gasteiger partial charge in [0.05, 0.1) is 18.2 Å². The molecule has 0 N–H and O–H groups in total. The summed E-state index contributed by atoms with van der Waals surface area (Å²) in [6.45, 7) is 13.8. The molecule has 0 spiro atoms. The second kappa shape index (κ2) is 11.5. The van der Waals surface area contributed by atoms with Crippen molar-refractivity contribution in [1.82, 2.24) is 14.5 Å². The first-order chi connectivity index (χ1) is 18.2. The molecule has 0 aliphatic carbocycles. The van der Waals surface area contributed by atoms with E-state index >= 15 is 0 Å². The fourth-order valence-electron chi connectivity index (χ4n) is 5.81. The number of nitrogens with zero attached hydrogens (tertiary/aromatic N) is 3. The van der Waals surface area contributed by atoms with E-state index in [-0.39, 0.29) is 11.1 Å². The second-order valence-corrected chi connectivity index (χ2v) is 13.3. The molecule has 2 aliphatic heterocycles. The third-order valence-electron chi connectivity index (χ3n) is 8.99. The van der Waals surface area contributed by atoms with Crippen molar-refractivity contribution in [3.05, 3.63) is 46.0 Å². The highest BCUT2D eigenvalue weighted by Crippen LogP contribution is 2.37. The van der Waals surface area contributed by atoms with Gasteiger partial charge in [0.15, 0.2) is 0 Å². The first-order valence-electron chi connectivity index (χ1n) is 14.2. The monoisotopic (exact) mass is 537 g/mol. The number of pyridine rings is 2. The Morgan fingerprint density at radius 2 is 1.87 bits per heavy atom. The number of hydrogen-bond acceptors (Lipinski definition) is 6. The van der Waals surface area contributed by atoms with Crippen molar-refractivity contribution < 1.29 is 9.47 Å². The van der Waals surface area contributed by atoms with Gasteiger partial charge in [-0.05, 0) is 82.4 Å². The highest BCUT2D eigenvalue weighted by atomic mass is 32.1. The van der Waals surface area contributed by atoms with Gasteiger partial charge in [0.2, 0.25) is 0 Å². The molecule has 2 saturated heterocycles. The van der Waals surface area contributed by atoms with Crippen molar-refractivity contribution in [2.45, 2.75) is 71.9 Å². The number of hydrogen-bond donors (Lipinski definition) is 0. The largest absolute Gasteiger partial charge is 0.492 e. The van der Waals surface area contributed by atoms with Gasteiger partial charge in [0.25, 0.3) is 5.56 Å². The Labute approximate surface area is 231 Å². The Bertz CT molecular complexity index is 1310. The molecular formula is C31H43N3O3S. The zero-order valence-electron chi connectivity index (χ0n) is 23.7. The second-order valence-electron chi connectivity index (χ2n) is 12.2. The molecule has 38 heavy (non-hydrogen) atoms. The van der Waals surface area contributed by atoms with Gasteiger partial charge in [-0.3, -0.25) is 14.7 Å². The van der Waals surface area contributed by atoms with Crippen molar-refractivity contribution in [3.63, 3.8) is 0 Å². The van der Waals surface area contributed by atoms with Gasteiger partial charge in [-0.1, -0.05) is 13.8 Å². The van der Waals surface area contributed by atoms with E-state index in [1.165, 1.54) is 24.1 Å². The first kappa shape index (κ1) is 27.4. The molecule has 0 bridgehead atoms. The third-order valence-corrected chi connectivity index (χ3v) is 10.1. The molecule has 3 aromatic heterocycles. The SMILES string of the molecule is CC1CCN(Cc2cc3c(=O)n(C)cc(-c4cncc(OCC5CCOCC5)c4)c3s2)C(C)(C)CCC1C. The van der Waals surface area contributed by atoms with Gasteiger partial charge in [0.1, 0.15) is 5.75 Å². The van der Waals surface area contributed by atoms with E-state index in [0.717, 1.165) is 77.9 Å². The molecule has 7 heteroatoms. The van der Waals surface area contributed by atoms with Crippen LogP contribution in [0.2, 0.25) is 0 Å². The molecule has 2 unspecified atom stereocenters. The average Bonchev–Trinajstić information content (AvgIpc) is 3.34. The summed E-state index contributed by atoms with van der Waals surface area (Å²) in [4.78, 5) is 21.6. The summed E-state index contributed by atoms with van der Waals surface area (Å²) in [5.74, 6) is 2.81. The smallest absolute Gasteiger partial charge is 0.259 e. The van der Waals surface area contributed by atoms with Crippen LogP contribution in [0.5, 0.6) is 5.75 Å². The molecule has 5 rings (SSSR count). The van der Waals surface area contributed by atoms with Crippen LogP contribution in [-0.2, 0) is 18.3 Å². The van der Waals surface area contributed by atoms with Crippen molar-refractivity contribution in [2.24, 2.45) is 24.8 Å². The van der Waals surface area contributed by atoms with E-state index in [1.807, 2.05) is 19.4 Å². The van der Waals surface area contributed by atoms with E-state index in [1.54, 1.807) is 22.1 Å². The Hall–Kier alpha value is -2.22. The number of aromatic nitrogens is 2. The van der Waals surface area contributed by atoms with Crippen LogP contribution < -0.4 is 10.3 Å². The van der Waals surface area contributed by atoms with Gasteiger partial charge in [-0.15, -0.1) is 11.3 Å². The molecule has 0 aromatic carbocycles. The fourth-order valence-corrected chi connectivity index (χ4v) is 7.01. The molecule has 0 saturated carbocycles. The van der Waals surface area contributed by atoms with Crippen LogP contribution >= 0.6 is 11.3 Å². The minimum absolute atomic E-state index is 0.0560. The molecule has 206 valence electrons. The predicted molar refractivity (Wildman–Crippen MR) is 156 cm³/mol. The normalized spacial score (nSPS) is 23.3. The van der Waals surface area contributed by atoms with Crippen molar-refractivity contribution in [1.29, 1.82) is 0 Å². The van der Waals surface area contributed by atoms with Crippen LogP contribution in [0.3, 0.4) is 0 Å². The standard InChI is InChI=1S/C31H43N3O3S/c1-21-6-10-31(3,4)34(11-7-22(21)2)18-26-15-27-29(38-26)28(19-33(5)30(27)35)24-14-25(17-32-16-24)37-20-23-8-12-36-13-9-23/h14-17,19,21-23H,6-13,18,20H2,1-5H3. The highest BCUT2D eigenvalue weighted by Gasteiger charge is 2.31. The van der Waals surface area contributed by atoms with E-state index in [9.17, 15) is 4.79 Å². The number of ether oxygens (including phenoxy) is 2. The lowest BCUT2D eigenvalue weighted by Gasteiger charge is -2.42. The summed E-state index contributed by atoms with van der Waals surface area (Å²) in [5, 5.41) is 0.797. The maximum absolute atomic E-state index is 13.2. The van der Waals surface area contributed by atoms with Crippen molar-refractivity contribution in [2.75, 3.05) is 26.4 Å². The van der Waals surface area contributed by atoms with Crippen LogP contribution in [-0.4, -0.2) is 46.4 Å². The summed E-state index contributed by atoms with van der Waals surface area (Å²) < 4.78 is 14.4. The minimum atomic E-state index is 0.0560. The lowest BCUT2D eigenvalue weighted by Crippen LogP contribution is -2.46. The van der Waals surface area contributed by atoms with Gasteiger partial charge < -0.3 is 14.0 Å². The maximum atomic E-state index is 13.2. The quantitative estimate of drug-likeness (QED) is 0.359. The molecule has 2 aliphatic rings. The van der Waals surface area contributed by atoms with Crippen LogP contribution in [0.25, 0.3) is 21.2 Å². The molecule has 2 atom stereocenters. The molecule has 0 amide bonds. The van der Waals surface area contributed by atoms with Gasteiger partial charge in [-0.2, -0.15) is 0 Å². The Morgan fingerprint density at radius 1 is 1.11 bits per heavy atom. The van der Waals surface area contributed by atoms with E-state index in [2.05, 4.69) is 49.7 Å². The number of likely N-dealkylation sites (tertiary alicyclic amines) is 1. The van der Waals surface area contributed by atoms with Crippen LogP contribution in [0, 0.1) is 17.8 Å². The maximum Gasteiger partial charge on any atom is 0.259 e. The topological polar surface area (TPSA) is 56.6 Å². The van der Waals surface area contributed by atoms with Gasteiger partial charge in [-0.25, -0.2) is 0 Å². The molecular weight excluding hydrogens is 494 g/mol. The predicted octanol–water partition coefficient (Wildman–Crippen LogP) is 6.50.